The third-order valence-corrected chi connectivity index (χ3v) is 5.36. The van der Waals surface area contributed by atoms with E-state index in [0.717, 1.165) is 40.3 Å². The van der Waals surface area contributed by atoms with Crippen LogP contribution in [0.5, 0.6) is 0 Å². The number of hydrogen-bond acceptors (Lipinski definition) is 4. The molecule has 0 radical (unpaired) electrons. The van der Waals surface area contributed by atoms with Crippen LogP contribution in [0.4, 0.5) is 0 Å². The summed E-state index contributed by atoms with van der Waals surface area (Å²) in [7, 11) is 0. The van der Waals surface area contributed by atoms with Crippen molar-refractivity contribution in [1.82, 2.24) is 4.98 Å². The molecule has 0 bridgehead atoms. The fourth-order valence-corrected chi connectivity index (χ4v) is 4.22. The van der Waals surface area contributed by atoms with Gasteiger partial charge in [0, 0.05) is 16.3 Å². The maximum Gasteiger partial charge on any atom is 0.164 e. The van der Waals surface area contributed by atoms with Crippen LogP contribution in [0.15, 0.2) is 34.7 Å². The first kappa shape index (κ1) is 13.0. The van der Waals surface area contributed by atoms with Crippen LogP contribution in [0, 0.1) is 5.41 Å². The predicted octanol–water partition coefficient (Wildman–Crippen LogP) is 4.53. The van der Waals surface area contributed by atoms with Crippen molar-refractivity contribution in [2.24, 2.45) is 11.1 Å². The monoisotopic (exact) mass is 298 g/mol. The second-order valence-electron chi connectivity index (χ2n) is 6.63. The minimum Gasteiger partial charge on any atom is -0.454 e. The third kappa shape index (κ3) is 2.19. The number of benzene rings is 1. The average molecular weight is 298 g/mol. The van der Waals surface area contributed by atoms with Gasteiger partial charge in [-0.05, 0) is 30.4 Å². The lowest BCUT2D eigenvalue weighted by Gasteiger charge is -2.32. The predicted molar refractivity (Wildman–Crippen MR) is 86.4 cm³/mol. The zero-order valence-corrected chi connectivity index (χ0v) is 13.0. The largest absolute Gasteiger partial charge is 0.454 e. The molecule has 108 valence electrons. The minimum absolute atomic E-state index is 0.0966. The molecule has 1 aliphatic rings. The van der Waals surface area contributed by atoms with Crippen LogP contribution >= 0.6 is 11.3 Å². The van der Waals surface area contributed by atoms with Crippen LogP contribution in [0.25, 0.3) is 21.7 Å². The van der Waals surface area contributed by atoms with Crippen LogP contribution < -0.4 is 5.73 Å². The van der Waals surface area contributed by atoms with Crippen molar-refractivity contribution < 1.29 is 4.42 Å². The molecule has 1 aliphatic carbocycles. The van der Waals surface area contributed by atoms with Crippen LogP contribution in [-0.2, 0) is 6.42 Å². The van der Waals surface area contributed by atoms with Gasteiger partial charge in [0.05, 0.1) is 5.69 Å². The van der Waals surface area contributed by atoms with Gasteiger partial charge in [-0.1, -0.05) is 32.0 Å². The zero-order chi connectivity index (χ0) is 14.6. The summed E-state index contributed by atoms with van der Waals surface area (Å²) in [5.74, 6) is 0.848. The number of thiazole rings is 1. The van der Waals surface area contributed by atoms with E-state index in [0.29, 0.717) is 0 Å². The Balaban J connectivity index is 1.80. The third-order valence-electron chi connectivity index (χ3n) is 4.12. The minimum atomic E-state index is 0.0966. The van der Waals surface area contributed by atoms with Crippen molar-refractivity contribution >= 4 is 22.3 Å². The first-order valence-corrected chi connectivity index (χ1v) is 8.08. The summed E-state index contributed by atoms with van der Waals surface area (Å²) in [6, 6.07) is 10.2. The molecule has 0 amide bonds. The summed E-state index contributed by atoms with van der Waals surface area (Å²) in [5, 5.41) is 2.06. The maximum absolute atomic E-state index is 6.33. The van der Waals surface area contributed by atoms with E-state index in [1.54, 1.807) is 11.3 Å². The Kier molecular flexibility index (Phi) is 2.75. The van der Waals surface area contributed by atoms with Crippen molar-refractivity contribution in [2.45, 2.75) is 32.7 Å². The van der Waals surface area contributed by atoms with Crippen molar-refractivity contribution in [3.63, 3.8) is 0 Å². The zero-order valence-electron chi connectivity index (χ0n) is 12.2. The SMILES string of the molecule is CC1(C)Cc2nc(-c3cc4ccccc4o3)sc2C(N)C1. The lowest BCUT2D eigenvalue weighted by molar-refractivity contribution is 0.282. The molecule has 0 spiro atoms. The fourth-order valence-electron chi connectivity index (χ4n) is 3.19. The molecule has 1 aromatic carbocycles. The average Bonchev–Trinajstić information content (AvgIpc) is 2.99. The maximum atomic E-state index is 6.33. The summed E-state index contributed by atoms with van der Waals surface area (Å²) in [5.41, 5.74) is 8.62. The summed E-state index contributed by atoms with van der Waals surface area (Å²) < 4.78 is 5.93. The van der Waals surface area contributed by atoms with Gasteiger partial charge < -0.3 is 10.2 Å². The molecule has 2 aromatic heterocycles. The highest BCUT2D eigenvalue weighted by atomic mass is 32.1. The van der Waals surface area contributed by atoms with Gasteiger partial charge >= 0.3 is 0 Å². The Bertz CT molecular complexity index is 782. The van der Waals surface area contributed by atoms with Crippen LogP contribution in [0.2, 0.25) is 0 Å². The summed E-state index contributed by atoms with van der Waals surface area (Å²) in [4.78, 5) is 6.03. The van der Waals surface area contributed by atoms with Crippen LogP contribution in [0.3, 0.4) is 0 Å². The van der Waals surface area contributed by atoms with E-state index in [9.17, 15) is 0 Å². The molecular weight excluding hydrogens is 280 g/mol. The molecule has 0 saturated heterocycles. The Morgan fingerprint density at radius 3 is 2.95 bits per heavy atom. The number of aromatic nitrogens is 1. The van der Waals surface area contributed by atoms with Gasteiger partial charge in [0.15, 0.2) is 10.8 Å². The van der Waals surface area contributed by atoms with Gasteiger partial charge in [0.1, 0.15) is 5.58 Å². The van der Waals surface area contributed by atoms with Crippen LogP contribution in [0.1, 0.15) is 36.9 Å². The molecule has 0 fully saturated rings. The van der Waals surface area contributed by atoms with Crippen molar-refractivity contribution in [3.05, 3.63) is 40.9 Å². The molecule has 4 heteroatoms. The van der Waals surface area contributed by atoms with Gasteiger partial charge in [0.25, 0.3) is 0 Å². The number of fused-ring (bicyclic) bond motifs is 2. The van der Waals surface area contributed by atoms with E-state index in [-0.39, 0.29) is 11.5 Å². The van der Waals surface area contributed by atoms with E-state index in [1.807, 2.05) is 18.2 Å². The molecule has 1 unspecified atom stereocenters. The quantitative estimate of drug-likeness (QED) is 0.718. The van der Waals surface area contributed by atoms with E-state index >= 15 is 0 Å². The highest BCUT2D eigenvalue weighted by Crippen LogP contribution is 2.44. The van der Waals surface area contributed by atoms with E-state index in [4.69, 9.17) is 15.1 Å². The number of para-hydroxylation sites is 1. The molecule has 21 heavy (non-hydrogen) atoms. The second-order valence-corrected chi connectivity index (χ2v) is 7.66. The Labute approximate surface area is 127 Å². The van der Waals surface area contributed by atoms with Crippen molar-refractivity contribution in [3.8, 4) is 10.8 Å². The standard InChI is InChI=1S/C17H18N2OS/c1-17(2)8-11(18)15-12(9-17)19-16(21-15)14-7-10-5-3-4-6-13(10)20-14/h3-7,11H,8-9,18H2,1-2H3. The number of nitrogens with zero attached hydrogens (tertiary/aromatic N) is 1. The number of hydrogen-bond donors (Lipinski definition) is 1. The van der Waals surface area contributed by atoms with Gasteiger partial charge in [0.2, 0.25) is 0 Å². The summed E-state index contributed by atoms with van der Waals surface area (Å²) in [6.07, 6.45) is 2.01. The van der Waals surface area contributed by atoms with E-state index in [1.165, 1.54) is 4.88 Å². The number of rotatable bonds is 1. The molecule has 0 aliphatic heterocycles. The lowest BCUT2D eigenvalue weighted by atomic mass is 9.77. The normalized spacial score (nSPS) is 20.6. The summed E-state index contributed by atoms with van der Waals surface area (Å²) in [6.45, 7) is 4.52. The molecule has 3 aromatic rings. The Hall–Kier alpha value is -1.65. The Morgan fingerprint density at radius 1 is 1.33 bits per heavy atom. The molecule has 4 rings (SSSR count). The molecule has 2 N–H and O–H groups in total. The van der Waals surface area contributed by atoms with Crippen LogP contribution in [-0.4, -0.2) is 4.98 Å². The highest BCUT2D eigenvalue weighted by molar-refractivity contribution is 7.15. The molecule has 2 heterocycles. The number of nitrogens with two attached hydrogens (primary N) is 1. The van der Waals surface area contributed by atoms with Crippen molar-refractivity contribution in [1.29, 1.82) is 0 Å². The molecule has 0 saturated carbocycles. The van der Waals surface area contributed by atoms with Gasteiger partial charge in [-0.2, -0.15) is 0 Å². The first-order chi connectivity index (χ1) is 10.0. The smallest absolute Gasteiger partial charge is 0.164 e. The molecular formula is C17H18N2OS. The van der Waals surface area contributed by atoms with Crippen molar-refractivity contribution in [2.75, 3.05) is 0 Å². The summed E-state index contributed by atoms with van der Waals surface area (Å²) >= 11 is 1.68. The fraction of sp³-hybridized carbons (Fsp3) is 0.353. The second kappa shape index (κ2) is 4.42. The molecule has 3 nitrogen and oxygen atoms in total. The topological polar surface area (TPSA) is 52.0 Å². The van der Waals surface area contributed by atoms with E-state index in [2.05, 4.69) is 26.0 Å². The van der Waals surface area contributed by atoms with E-state index < -0.39 is 0 Å². The first-order valence-electron chi connectivity index (χ1n) is 7.26. The Morgan fingerprint density at radius 2 is 2.14 bits per heavy atom. The van der Waals surface area contributed by atoms with Gasteiger partial charge in [-0.15, -0.1) is 11.3 Å². The van der Waals surface area contributed by atoms with Gasteiger partial charge in [-0.3, -0.25) is 0 Å². The number of furan rings is 1. The lowest BCUT2D eigenvalue weighted by Crippen LogP contribution is -2.28. The van der Waals surface area contributed by atoms with Gasteiger partial charge in [-0.25, -0.2) is 4.98 Å². The highest BCUT2D eigenvalue weighted by Gasteiger charge is 2.33. The molecule has 1 atom stereocenters.